The van der Waals surface area contributed by atoms with Crippen LogP contribution in [0.25, 0.3) is 0 Å². The van der Waals surface area contributed by atoms with E-state index in [1.807, 2.05) is 44.1 Å². The first-order valence-electron chi connectivity index (χ1n) is 6.15. The van der Waals surface area contributed by atoms with Gasteiger partial charge in [-0.05, 0) is 54.1 Å². The minimum Gasteiger partial charge on any atom is -0.496 e. The number of carboxylic acid groups (broad SMARTS) is 1. The maximum absolute atomic E-state index is 11.4. The Kier molecular flexibility index (Phi) is 5.82. The van der Waals surface area contributed by atoms with Crippen LogP contribution < -0.4 is 4.74 Å². The second kappa shape index (κ2) is 6.91. The van der Waals surface area contributed by atoms with Gasteiger partial charge in [-0.1, -0.05) is 13.0 Å². The molecule has 19 heavy (non-hydrogen) atoms. The van der Waals surface area contributed by atoms with E-state index in [0.717, 1.165) is 15.8 Å². The molecular weight excluding hydrogens is 310 g/mol. The number of aliphatic carboxylic acids is 1. The van der Waals surface area contributed by atoms with Crippen LogP contribution in [0.1, 0.15) is 24.9 Å². The Bertz CT molecular complexity index is 448. The van der Waals surface area contributed by atoms with Crippen molar-refractivity contribution in [3.8, 4) is 5.75 Å². The van der Waals surface area contributed by atoms with E-state index in [2.05, 4.69) is 15.9 Å². The smallest absolute Gasteiger partial charge is 0.308 e. The van der Waals surface area contributed by atoms with E-state index in [9.17, 15) is 9.90 Å². The summed E-state index contributed by atoms with van der Waals surface area (Å²) in [7, 11) is 5.40. The van der Waals surface area contributed by atoms with E-state index in [1.165, 1.54) is 0 Å². The molecule has 0 amide bonds. The third kappa shape index (κ3) is 3.70. The highest BCUT2D eigenvalue weighted by atomic mass is 79.9. The normalized spacial score (nSPS) is 14.2. The standard InChI is InChI=1S/C14H20BrNO3/c1-5-10(14(17)18)13(16(2)3)9-6-7-12(19-4)11(15)8-9/h6-8,10,13H,5H2,1-4H3,(H,17,18). The van der Waals surface area contributed by atoms with E-state index in [-0.39, 0.29) is 6.04 Å². The summed E-state index contributed by atoms with van der Waals surface area (Å²) in [5, 5.41) is 9.36. The first-order chi connectivity index (χ1) is 8.92. The molecular formula is C14H20BrNO3. The number of halogens is 1. The molecule has 106 valence electrons. The number of hydrogen-bond acceptors (Lipinski definition) is 3. The summed E-state index contributed by atoms with van der Waals surface area (Å²) in [6.07, 6.45) is 0.585. The SMILES string of the molecule is CCC(C(=O)O)C(c1ccc(OC)c(Br)c1)N(C)C. The zero-order chi connectivity index (χ0) is 14.6. The molecule has 0 radical (unpaired) electrons. The fourth-order valence-electron chi connectivity index (χ4n) is 2.29. The number of carbonyl (C=O) groups is 1. The molecule has 0 spiro atoms. The van der Waals surface area contributed by atoms with Gasteiger partial charge in [0.05, 0.1) is 17.5 Å². The summed E-state index contributed by atoms with van der Waals surface area (Å²) < 4.78 is 6.03. The Balaban J connectivity index is 3.19. The average Bonchev–Trinajstić information content (AvgIpc) is 2.34. The summed E-state index contributed by atoms with van der Waals surface area (Å²) in [6.45, 7) is 1.90. The van der Waals surface area contributed by atoms with Crippen molar-refractivity contribution in [3.63, 3.8) is 0 Å². The first kappa shape index (κ1) is 16.0. The van der Waals surface area contributed by atoms with E-state index >= 15 is 0 Å². The predicted octanol–water partition coefficient (Wildman–Crippen LogP) is 3.17. The lowest BCUT2D eigenvalue weighted by atomic mass is 9.90. The average molecular weight is 330 g/mol. The number of benzene rings is 1. The van der Waals surface area contributed by atoms with Gasteiger partial charge >= 0.3 is 5.97 Å². The molecule has 5 heteroatoms. The van der Waals surface area contributed by atoms with Crippen molar-refractivity contribution in [1.82, 2.24) is 4.90 Å². The Labute approximate surface area is 122 Å². The molecule has 0 heterocycles. The van der Waals surface area contributed by atoms with E-state index in [1.54, 1.807) is 7.11 Å². The second-order valence-corrected chi connectivity index (χ2v) is 5.51. The van der Waals surface area contributed by atoms with Crippen LogP contribution in [0.2, 0.25) is 0 Å². The molecule has 2 unspecified atom stereocenters. The third-order valence-electron chi connectivity index (χ3n) is 3.21. The fraction of sp³-hybridized carbons (Fsp3) is 0.500. The highest BCUT2D eigenvalue weighted by molar-refractivity contribution is 9.10. The number of methoxy groups -OCH3 is 1. The first-order valence-corrected chi connectivity index (χ1v) is 6.94. The van der Waals surface area contributed by atoms with Gasteiger partial charge in [-0.3, -0.25) is 4.79 Å². The Morgan fingerprint density at radius 3 is 2.47 bits per heavy atom. The lowest BCUT2D eigenvalue weighted by molar-refractivity contribution is -0.144. The number of carboxylic acids is 1. The molecule has 1 aromatic rings. The zero-order valence-electron chi connectivity index (χ0n) is 11.7. The molecule has 0 aliphatic carbocycles. The molecule has 0 aliphatic heterocycles. The number of rotatable bonds is 6. The molecule has 0 saturated carbocycles. The molecule has 1 N–H and O–H groups in total. The van der Waals surface area contributed by atoms with Gasteiger partial charge in [-0.15, -0.1) is 0 Å². The summed E-state index contributed by atoms with van der Waals surface area (Å²) in [5.74, 6) is -0.465. The van der Waals surface area contributed by atoms with E-state index in [0.29, 0.717) is 6.42 Å². The number of hydrogen-bond donors (Lipinski definition) is 1. The molecule has 4 nitrogen and oxygen atoms in total. The Morgan fingerprint density at radius 2 is 2.11 bits per heavy atom. The van der Waals surface area contributed by atoms with Gasteiger partial charge in [0.1, 0.15) is 5.75 Å². The summed E-state index contributed by atoms with van der Waals surface area (Å²) in [4.78, 5) is 13.3. The van der Waals surface area contributed by atoms with Gasteiger partial charge in [0.2, 0.25) is 0 Å². The van der Waals surface area contributed by atoms with Crippen molar-refractivity contribution in [2.24, 2.45) is 5.92 Å². The van der Waals surface area contributed by atoms with Crippen molar-refractivity contribution in [1.29, 1.82) is 0 Å². The molecule has 0 fully saturated rings. The maximum Gasteiger partial charge on any atom is 0.308 e. The van der Waals surface area contributed by atoms with Crippen LogP contribution in [0.3, 0.4) is 0 Å². The largest absolute Gasteiger partial charge is 0.496 e. The van der Waals surface area contributed by atoms with Crippen LogP contribution in [-0.4, -0.2) is 37.2 Å². The molecule has 0 aromatic heterocycles. The lowest BCUT2D eigenvalue weighted by Gasteiger charge is -2.30. The van der Waals surface area contributed by atoms with Gasteiger partial charge in [0.25, 0.3) is 0 Å². The van der Waals surface area contributed by atoms with E-state index < -0.39 is 11.9 Å². The highest BCUT2D eigenvalue weighted by Gasteiger charge is 2.29. The topological polar surface area (TPSA) is 49.8 Å². The van der Waals surface area contributed by atoms with Gasteiger partial charge < -0.3 is 14.7 Å². The van der Waals surface area contributed by atoms with E-state index in [4.69, 9.17) is 4.74 Å². The monoisotopic (exact) mass is 329 g/mol. The van der Waals surface area contributed by atoms with Crippen molar-refractivity contribution < 1.29 is 14.6 Å². The minimum absolute atomic E-state index is 0.162. The molecule has 0 aliphatic rings. The van der Waals surface area contributed by atoms with Gasteiger partial charge in [-0.25, -0.2) is 0 Å². The molecule has 2 atom stereocenters. The van der Waals surface area contributed by atoms with Crippen molar-refractivity contribution in [2.75, 3.05) is 21.2 Å². The zero-order valence-corrected chi connectivity index (χ0v) is 13.3. The second-order valence-electron chi connectivity index (χ2n) is 4.66. The van der Waals surface area contributed by atoms with Crippen molar-refractivity contribution in [3.05, 3.63) is 28.2 Å². The van der Waals surface area contributed by atoms with Gasteiger partial charge in [-0.2, -0.15) is 0 Å². The fourth-order valence-corrected chi connectivity index (χ4v) is 2.85. The Hall–Kier alpha value is -1.07. The van der Waals surface area contributed by atoms with Crippen molar-refractivity contribution >= 4 is 21.9 Å². The van der Waals surface area contributed by atoms with Crippen LogP contribution in [0.4, 0.5) is 0 Å². The minimum atomic E-state index is -0.770. The molecule has 1 aromatic carbocycles. The highest BCUT2D eigenvalue weighted by Crippen LogP contribution is 2.34. The molecule has 1 rings (SSSR count). The Morgan fingerprint density at radius 1 is 1.47 bits per heavy atom. The van der Waals surface area contributed by atoms with Crippen LogP contribution >= 0.6 is 15.9 Å². The van der Waals surface area contributed by atoms with Gasteiger partial charge in [0.15, 0.2) is 0 Å². The summed E-state index contributed by atoms with van der Waals surface area (Å²) in [6, 6.07) is 5.53. The van der Waals surface area contributed by atoms with Crippen LogP contribution in [0, 0.1) is 5.92 Å². The maximum atomic E-state index is 11.4. The van der Waals surface area contributed by atoms with Crippen LogP contribution in [-0.2, 0) is 4.79 Å². The predicted molar refractivity (Wildman–Crippen MR) is 78.5 cm³/mol. The van der Waals surface area contributed by atoms with Crippen molar-refractivity contribution in [2.45, 2.75) is 19.4 Å². The lowest BCUT2D eigenvalue weighted by Crippen LogP contribution is -2.32. The summed E-state index contributed by atoms with van der Waals surface area (Å²) in [5.41, 5.74) is 0.965. The molecule has 0 bridgehead atoms. The third-order valence-corrected chi connectivity index (χ3v) is 3.83. The summed E-state index contributed by atoms with van der Waals surface area (Å²) >= 11 is 3.44. The molecule has 0 saturated heterocycles. The quantitative estimate of drug-likeness (QED) is 0.870. The van der Waals surface area contributed by atoms with Gasteiger partial charge in [0, 0.05) is 6.04 Å². The van der Waals surface area contributed by atoms with Crippen LogP contribution in [0.15, 0.2) is 22.7 Å². The number of nitrogens with zero attached hydrogens (tertiary/aromatic N) is 1. The number of ether oxygens (including phenoxy) is 1. The van der Waals surface area contributed by atoms with Crippen LogP contribution in [0.5, 0.6) is 5.75 Å².